The highest BCUT2D eigenvalue weighted by Gasteiger charge is 2.59. The number of rotatable bonds is 42. The minimum Gasteiger partial charge on any atom is -0.508 e. The number of phenols is 1. The number of anilines is 1. The van der Waals surface area contributed by atoms with Gasteiger partial charge in [-0.25, -0.2) is 14.3 Å². The number of nitrogens with zero attached hydrogens (tertiary/aromatic N) is 3. The summed E-state index contributed by atoms with van der Waals surface area (Å²) in [6.07, 6.45) is 15.6. The lowest BCUT2D eigenvalue weighted by Gasteiger charge is -2.56. The number of hydrogen-bond donors (Lipinski definition) is 9. The van der Waals surface area contributed by atoms with E-state index in [1.165, 1.54) is 5.56 Å². The number of ether oxygens (including phenoxy) is 5. The van der Waals surface area contributed by atoms with E-state index in [2.05, 4.69) is 57.7 Å². The van der Waals surface area contributed by atoms with E-state index in [1.54, 1.807) is 44.2 Å². The third-order valence-electron chi connectivity index (χ3n) is 24.7. The Kier molecular flexibility index (Phi) is 32.2. The van der Waals surface area contributed by atoms with E-state index in [0.29, 0.717) is 108 Å². The maximum absolute atomic E-state index is 14.8. The molecule has 2 fully saturated rings. The third-order valence-corrected chi connectivity index (χ3v) is 24.7. The first-order valence-electron chi connectivity index (χ1n) is 40.9. The number of urea groups is 1. The molecule has 7 amide bonds. The van der Waals surface area contributed by atoms with Gasteiger partial charge in [0.15, 0.2) is 17.3 Å². The van der Waals surface area contributed by atoms with Crippen molar-refractivity contribution < 1.29 is 77.0 Å². The average Bonchev–Trinajstić information content (AvgIpc) is 0.999. The number of fused-ring (bicyclic) bond motifs is 7. The summed E-state index contributed by atoms with van der Waals surface area (Å²) in [6.45, 7) is 17.1. The summed E-state index contributed by atoms with van der Waals surface area (Å²) in [6, 6.07) is 14.1. The first-order valence-corrected chi connectivity index (χ1v) is 40.9. The molecule has 0 spiro atoms. The lowest BCUT2D eigenvalue weighted by atomic mass is 9.49. The monoisotopic (exact) mass is 1540 g/mol. The lowest BCUT2D eigenvalue weighted by molar-refractivity contribution is -0.150. The predicted octanol–water partition coefficient (Wildman–Crippen LogP) is 10.4. The number of Topliss-reactive ketones (excluding diaryl/α,β-unsaturated/α-hetero) is 3. The fraction of sp³-hybridized carbons (Fsp3) is 0.659. The van der Waals surface area contributed by atoms with Gasteiger partial charge in [-0.3, -0.25) is 38.9 Å². The number of carbonyl (C=O) groups excluding carboxylic acids is 9. The quantitative estimate of drug-likeness (QED) is 0.0147. The molecular formula is C85H124N10O16. The largest absolute Gasteiger partial charge is 0.508 e. The molecule has 0 radical (unpaired) electrons. The van der Waals surface area contributed by atoms with E-state index in [0.717, 1.165) is 131 Å². The van der Waals surface area contributed by atoms with Crippen molar-refractivity contribution in [3.05, 3.63) is 105 Å². The Balaban J connectivity index is 0.697. The smallest absolute Gasteiger partial charge is 0.408 e. The number of alkyl carbamates (subject to hydrolysis) is 1. The lowest BCUT2D eigenvalue weighted by Crippen LogP contribution is -2.60. The van der Waals surface area contributed by atoms with Crippen LogP contribution in [0.2, 0.25) is 0 Å². The Labute approximate surface area is 654 Å². The number of nitrogens with one attached hydrogen (secondary N) is 5. The van der Waals surface area contributed by atoms with Crippen molar-refractivity contribution >= 4 is 58.8 Å². The van der Waals surface area contributed by atoms with Crippen molar-refractivity contribution in [2.75, 3.05) is 64.7 Å². The topological polar surface area (TPSA) is 383 Å². The molecule has 0 bridgehead atoms. The number of unbranched alkanes of at least 4 members (excludes halogenated alkanes) is 3. The molecule has 26 nitrogen and oxygen atoms in total. The van der Waals surface area contributed by atoms with E-state index in [-0.39, 0.29) is 97.4 Å². The van der Waals surface area contributed by atoms with Crippen LogP contribution in [0.15, 0.2) is 60.7 Å². The normalized spacial score (nSPS) is 23.1. The van der Waals surface area contributed by atoms with Crippen LogP contribution in [-0.2, 0) is 107 Å². The van der Waals surface area contributed by atoms with Gasteiger partial charge in [-0.15, -0.1) is 5.10 Å². The van der Waals surface area contributed by atoms with Crippen LogP contribution >= 0.6 is 0 Å². The summed E-state index contributed by atoms with van der Waals surface area (Å²) < 4.78 is 30.5. The zero-order chi connectivity index (χ0) is 79.9. The number of aromatic hydroxyl groups is 1. The van der Waals surface area contributed by atoms with Crippen LogP contribution in [0, 0.1) is 34.5 Å². The molecule has 3 aromatic carbocycles. The molecule has 610 valence electrons. The summed E-state index contributed by atoms with van der Waals surface area (Å²) in [7, 11) is 0. The predicted molar refractivity (Wildman–Crippen MR) is 419 cm³/mol. The number of benzene rings is 3. The van der Waals surface area contributed by atoms with Crippen LogP contribution in [0.3, 0.4) is 0 Å². The van der Waals surface area contributed by atoms with Crippen molar-refractivity contribution in [2.45, 2.75) is 264 Å². The Bertz CT molecular complexity index is 3830. The molecular weight excluding hydrogens is 1420 g/mol. The fourth-order valence-electron chi connectivity index (χ4n) is 18.3. The van der Waals surface area contributed by atoms with Crippen LogP contribution in [0.1, 0.15) is 241 Å². The summed E-state index contributed by atoms with van der Waals surface area (Å²) >= 11 is 0. The van der Waals surface area contributed by atoms with Crippen LogP contribution in [0.25, 0.3) is 0 Å². The Morgan fingerprint density at radius 3 is 1.95 bits per heavy atom. The molecule has 111 heavy (non-hydrogen) atoms. The van der Waals surface area contributed by atoms with Gasteiger partial charge in [0, 0.05) is 44.0 Å². The van der Waals surface area contributed by atoms with Crippen molar-refractivity contribution in [1.82, 2.24) is 36.3 Å². The number of aryl methyl sites for hydroxylation is 2. The van der Waals surface area contributed by atoms with Crippen LogP contribution in [-0.4, -0.2) is 156 Å². The molecule has 11 N–H and O–H groups in total. The first kappa shape index (κ1) is 87.0. The van der Waals surface area contributed by atoms with Gasteiger partial charge >= 0.3 is 12.1 Å². The molecule has 1 aromatic heterocycles. The maximum atomic E-state index is 14.8. The number of imide groups is 1. The highest BCUT2D eigenvalue weighted by atomic mass is 16.6. The zero-order valence-corrected chi connectivity index (χ0v) is 66.7. The average molecular weight is 1540 g/mol. The molecule has 26 heteroatoms. The van der Waals surface area contributed by atoms with E-state index < -0.39 is 76.6 Å². The highest BCUT2D eigenvalue weighted by Crippen LogP contribution is 2.60. The van der Waals surface area contributed by atoms with Gasteiger partial charge in [-0.1, -0.05) is 135 Å². The van der Waals surface area contributed by atoms with Gasteiger partial charge in [-0.05, 0) is 189 Å². The number of aromatic nitrogens is 3. The first-order chi connectivity index (χ1) is 53.2. The van der Waals surface area contributed by atoms with Gasteiger partial charge in [0.05, 0.1) is 74.8 Å². The fourth-order valence-corrected chi connectivity index (χ4v) is 18.3. The maximum Gasteiger partial charge on any atom is 0.408 e. The number of phenolic OH excluding ortho intramolecular Hbond substituents is 1. The number of aliphatic hydroxyl groups is 1. The second-order valence-corrected chi connectivity index (χ2v) is 33.0. The Morgan fingerprint density at radius 1 is 0.667 bits per heavy atom. The highest BCUT2D eigenvalue weighted by molar-refractivity contribution is 6.01. The summed E-state index contributed by atoms with van der Waals surface area (Å²) in [5.41, 5.74) is 17.2. The van der Waals surface area contributed by atoms with Crippen molar-refractivity contribution in [1.29, 1.82) is 0 Å². The van der Waals surface area contributed by atoms with Gasteiger partial charge in [0.1, 0.15) is 36.8 Å². The molecule has 5 aliphatic rings. The number of primary amides is 1. The SMILES string of the molecule is CCCCOCCOCCOCCn1nnc2c1CCCCCC2OCC(=O)CCCCC[C@@H](N)C(=O)N[C@H](C(=O)C[C@@H](CCCNC(N)=O)C(=O)Nc1ccc(COC(=O)N[C@@H](CO)C(=O)Cc2ccc3c(c2)[C@@]2(C)CCC[C@](C)(C(=O)NC(=O)[C@@]4(C)CCC[C@]5(C)c6cc(O)ccc6CC[C@@H]45)[C@@H]2CC3)cc1)C(C)C. The van der Waals surface area contributed by atoms with Crippen LogP contribution < -0.4 is 38.1 Å². The standard InChI is InChI=1S/C85H124N10O16/c1-8-9-42-107-44-46-109-47-45-108-43-41-95-68-22-14-11-15-23-71(75(68)93-94-95)110-54-63(98)20-12-10-13-21-66(86)77(102)91-74(55(2)3)70(100)50-60(19-16-40-88-80(87)105)76(101)89-61-31-25-56(26-32-61)53-111-81(106)90-67(52-96)69(99)49-57-24-27-58-29-34-72-82(4,64(58)48-57)36-17-38-84(72,6)78(103)92-79(104)85(7)39-18-37-83(5)65-51-62(97)33-28-59(65)30-35-73(83)85/h24-28,31-33,48,51,55,60,66-67,71-74,96-97H,8-23,29-30,34-47,49-50,52-54,86H2,1-7H3,(H,89,101)(H,90,106)(H,91,102)(H3,87,88,105)(H,92,103,104)/t60-,66-,67+,71?,72-,73-,74+,82-,83-,84+,85+/m1/s1. The van der Waals surface area contributed by atoms with E-state index in [9.17, 15) is 53.4 Å². The molecule has 4 aromatic rings. The van der Waals surface area contributed by atoms with E-state index >= 15 is 0 Å². The number of aliphatic hydroxyl groups excluding tert-OH is 1. The Hall–Kier alpha value is -8.01. The molecule has 11 atom stereocenters. The van der Waals surface area contributed by atoms with Crippen LogP contribution in [0.5, 0.6) is 5.75 Å². The van der Waals surface area contributed by atoms with Crippen molar-refractivity contribution in [3.8, 4) is 5.75 Å². The van der Waals surface area contributed by atoms with E-state index in [1.807, 2.05) is 48.9 Å². The van der Waals surface area contributed by atoms with E-state index in [4.69, 9.17) is 35.2 Å². The number of hydrogen-bond acceptors (Lipinski definition) is 19. The molecule has 2 saturated carbocycles. The number of nitrogens with two attached hydrogens (primary N) is 2. The zero-order valence-electron chi connectivity index (χ0n) is 66.7. The van der Waals surface area contributed by atoms with Gasteiger partial charge < -0.3 is 66.6 Å². The second-order valence-electron chi connectivity index (χ2n) is 33.0. The van der Waals surface area contributed by atoms with Gasteiger partial charge in [-0.2, -0.15) is 0 Å². The summed E-state index contributed by atoms with van der Waals surface area (Å²) in [5, 5.41) is 43.6. The molecule has 0 saturated heterocycles. The molecule has 5 aliphatic carbocycles. The molecule has 0 aliphatic heterocycles. The molecule has 9 rings (SSSR count). The second kappa shape index (κ2) is 41.2. The van der Waals surface area contributed by atoms with Crippen molar-refractivity contribution in [3.63, 3.8) is 0 Å². The van der Waals surface area contributed by atoms with Gasteiger partial charge in [0.25, 0.3) is 0 Å². The molecule has 1 heterocycles. The minimum atomic E-state index is -1.28. The van der Waals surface area contributed by atoms with Crippen LogP contribution in [0.4, 0.5) is 15.3 Å². The Morgan fingerprint density at radius 2 is 1.31 bits per heavy atom. The van der Waals surface area contributed by atoms with Crippen molar-refractivity contribution in [2.24, 2.45) is 46.0 Å². The summed E-state index contributed by atoms with van der Waals surface area (Å²) in [4.78, 5) is 123. The summed E-state index contributed by atoms with van der Waals surface area (Å²) in [5.74, 6) is -3.46. The third kappa shape index (κ3) is 22.9. The number of carbonyl (C=O) groups is 9. The van der Waals surface area contributed by atoms with Gasteiger partial charge in [0.2, 0.25) is 23.6 Å². The number of amides is 7. The molecule has 1 unspecified atom stereocenters. The minimum absolute atomic E-state index is 0.0101. The number of ketones is 3.